The molecular formula is C34H46N4O6. The van der Waals surface area contributed by atoms with Gasteiger partial charge in [0.25, 0.3) is 5.91 Å². The smallest absolute Gasteiger partial charge is 0.408 e. The third-order valence-corrected chi connectivity index (χ3v) is 11.2. The average molecular weight is 607 g/mol. The van der Waals surface area contributed by atoms with Crippen LogP contribution in [0.25, 0.3) is 0 Å². The van der Waals surface area contributed by atoms with Crippen LogP contribution in [0, 0.1) is 35.0 Å². The summed E-state index contributed by atoms with van der Waals surface area (Å²) in [6.45, 7) is 6.68. The number of benzene rings is 1. The van der Waals surface area contributed by atoms with Crippen LogP contribution in [0.5, 0.6) is 0 Å². The van der Waals surface area contributed by atoms with Gasteiger partial charge >= 0.3 is 6.09 Å². The molecule has 1 aliphatic heterocycles. The summed E-state index contributed by atoms with van der Waals surface area (Å²) in [5.74, 6) is -1.66. The van der Waals surface area contributed by atoms with E-state index in [0.717, 1.165) is 43.2 Å². The minimum Gasteiger partial charge on any atom is -0.446 e. The first-order chi connectivity index (χ1) is 21.0. The molecule has 4 aliphatic carbocycles. The van der Waals surface area contributed by atoms with Crippen molar-refractivity contribution in [3.8, 4) is 0 Å². The molecule has 1 saturated heterocycles. The zero-order valence-electron chi connectivity index (χ0n) is 26.3. The number of ether oxygens (including phenoxy) is 1. The number of hydrogen-bond donors (Lipinski definition) is 3. The van der Waals surface area contributed by atoms with Gasteiger partial charge in [-0.05, 0) is 84.7 Å². The first-order valence-corrected chi connectivity index (χ1v) is 16.4. The average Bonchev–Trinajstić information content (AvgIpc) is 3.63. The molecule has 4 fully saturated rings. The molecule has 0 aromatic heterocycles. The summed E-state index contributed by atoms with van der Waals surface area (Å²) in [6, 6.07) is 5.49. The molecule has 3 unspecified atom stereocenters. The molecule has 7 atom stereocenters. The monoisotopic (exact) mass is 606 g/mol. The van der Waals surface area contributed by atoms with Crippen LogP contribution in [0.1, 0.15) is 70.4 Å². The molecule has 238 valence electrons. The Kier molecular flexibility index (Phi) is 8.22. The van der Waals surface area contributed by atoms with Gasteiger partial charge in [-0.15, -0.1) is 0 Å². The normalized spacial score (nSPS) is 29.6. The Balaban J connectivity index is 1.23. The summed E-state index contributed by atoms with van der Waals surface area (Å²) >= 11 is 0. The number of amides is 4. The summed E-state index contributed by atoms with van der Waals surface area (Å²) in [6.07, 6.45) is 5.67. The number of likely N-dealkylation sites (N-methyl/N-ethyl adjacent to an activating group) is 1. The number of carbonyl (C=O) groups excluding carboxylic acids is 5. The zero-order chi connectivity index (χ0) is 31.3. The summed E-state index contributed by atoms with van der Waals surface area (Å²) in [7, 11) is 1.40. The minimum absolute atomic E-state index is 0.0733. The van der Waals surface area contributed by atoms with E-state index in [0.29, 0.717) is 31.7 Å². The molecule has 44 heavy (non-hydrogen) atoms. The Morgan fingerprint density at radius 3 is 2.27 bits per heavy atom. The van der Waals surface area contributed by atoms with Gasteiger partial charge in [-0.25, -0.2) is 4.79 Å². The molecule has 10 heteroatoms. The molecule has 6 rings (SSSR count). The number of carbonyl (C=O) groups is 5. The van der Waals surface area contributed by atoms with Crippen molar-refractivity contribution >= 4 is 29.6 Å². The predicted octanol–water partition coefficient (Wildman–Crippen LogP) is 2.77. The van der Waals surface area contributed by atoms with Crippen LogP contribution in [-0.4, -0.2) is 72.3 Å². The SMILES string of the molecule is CNC(=O)C(=O)C(CC1CC1)NC(=O)C1[C@@H]2C(CN1C(=O)[C@@H](NC(=O)O[C@H]1CCC[C@@H]1C)C1Cc3ccccc3C1)C2(C)C. The fourth-order valence-corrected chi connectivity index (χ4v) is 8.24. The highest BCUT2D eigenvalue weighted by Crippen LogP contribution is 2.65. The maximum atomic E-state index is 14.5. The van der Waals surface area contributed by atoms with Gasteiger partial charge in [-0.1, -0.05) is 57.9 Å². The Morgan fingerprint density at radius 2 is 1.68 bits per heavy atom. The number of likely N-dealkylation sites (tertiary alicyclic amines) is 1. The quantitative estimate of drug-likeness (QED) is 0.351. The first-order valence-electron chi connectivity index (χ1n) is 16.4. The lowest BCUT2D eigenvalue weighted by molar-refractivity contribution is -0.144. The number of Topliss-reactive ketones (excluding diaryl/α,β-unsaturated/α-hetero) is 1. The van der Waals surface area contributed by atoms with Crippen molar-refractivity contribution in [3.05, 3.63) is 35.4 Å². The van der Waals surface area contributed by atoms with E-state index in [-0.39, 0.29) is 41.1 Å². The van der Waals surface area contributed by atoms with Crippen LogP contribution < -0.4 is 16.0 Å². The molecule has 0 bridgehead atoms. The number of alkyl carbamates (subject to hydrolysis) is 1. The highest BCUT2D eigenvalue weighted by molar-refractivity contribution is 6.38. The second-order valence-corrected chi connectivity index (χ2v) is 14.5. The number of piperidine rings is 1. The van der Waals surface area contributed by atoms with Gasteiger partial charge in [0.05, 0.1) is 6.04 Å². The van der Waals surface area contributed by atoms with Gasteiger partial charge in [0.1, 0.15) is 18.2 Å². The van der Waals surface area contributed by atoms with E-state index in [1.165, 1.54) is 7.05 Å². The van der Waals surface area contributed by atoms with Crippen LogP contribution in [0.3, 0.4) is 0 Å². The number of fused-ring (bicyclic) bond motifs is 2. The van der Waals surface area contributed by atoms with Crippen LogP contribution in [0.4, 0.5) is 4.79 Å². The predicted molar refractivity (Wildman–Crippen MR) is 162 cm³/mol. The lowest BCUT2D eigenvalue weighted by Gasteiger charge is -2.35. The summed E-state index contributed by atoms with van der Waals surface area (Å²) < 4.78 is 5.82. The molecule has 0 spiro atoms. The topological polar surface area (TPSA) is 134 Å². The third-order valence-electron chi connectivity index (χ3n) is 11.2. The van der Waals surface area contributed by atoms with Crippen molar-refractivity contribution < 1.29 is 28.7 Å². The highest BCUT2D eigenvalue weighted by Gasteiger charge is 2.70. The Hall–Kier alpha value is -3.43. The number of rotatable bonds is 10. The van der Waals surface area contributed by atoms with Gasteiger partial charge in [0, 0.05) is 13.6 Å². The summed E-state index contributed by atoms with van der Waals surface area (Å²) in [5, 5.41) is 8.22. The van der Waals surface area contributed by atoms with Crippen molar-refractivity contribution in [2.24, 2.45) is 35.0 Å². The van der Waals surface area contributed by atoms with E-state index >= 15 is 0 Å². The second kappa shape index (κ2) is 11.8. The van der Waals surface area contributed by atoms with Gasteiger partial charge in [-0.3, -0.25) is 19.2 Å². The molecule has 5 aliphatic rings. The van der Waals surface area contributed by atoms with Gasteiger partial charge in [0.15, 0.2) is 0 Å². The van der Waals surface area contributed by atoms with Crippen molar-refractivity contribution in [2.75, 3.05) is 13.6 Å². The molecule has 3 saturated carbocycles. The van der Waals surface area contributed by atoms with E-state index in [2.05, 4.69) is 48.9 Å². The van der Waals surface area contributed by atoms with Crippen LogP contribution in [0.2, 0.25) is 0 Å². The van der Waals surface area contributed by atoms with E-state index in [4.69, 9.17) is 4.74 Å². The Morgan fingerprint density at radius 1 is 1.00 bits per heavy atom. The molecule has 0 radical (unpaired) electrons. The Labute approximate surface area is 259 Å². The van der Waals surface area contributed by atoms with Gasteiger partial charge in [0.2, 0.25) is 17.6 Å². The molecule has 4 amide bonds. The molecule has 3 N–H and O–H groups in total. The summed E-state index contributed by atoms with van der Waals surface area (Å²) in [5.41, 5.74) is 2.18. The molecule has 1 heterocycles. The van der Waals surface area contributed by atoms with Crippen molar-refractivity contribution in [1.82, 2.24) is 20.9 Å². The van der Waals surface area contributed by atoms with Crippen LogP contribution >= 0.6 is 0 Å². The lowest BCUT2D eigenvalue weighted by Crippen LogP contribution is -2.59. The van der Waals surface area contributed by atoms with E-state index in [9.17, 15) is 24.0 Å². The lowest BCUT2D eigenvalue weighted by atomic mass is 9.93. The fourth-order valence-electron chi connectivity index (χ4n) is 8.24. The van der Waals surface area contributed by atoms with E-state index < -0.39 is 41.8 Å². The van der Waals surface area contributed by atoms with Crippen molar-refractivity contribution in [3.63, 3.8) is 0 Å². The Bertz CT molecular complexity index is 1320. The third kappa shape index (κ3) is 5.84. The number of nitrogens with one attached hydrogen (secondary N) is 3. The van der Waals surface area contributed by atoms with Crippen LogP contribution in [0.15, 0.2) is 24.3 Å². The van der Waals surface area contributed by atoms with Crippen LogP contribution in [-0.2, 0) is 36.8 Å². The first kappa shape index (κ1) is 30.6. The second-order valence-electron chi connectivity index (χ2n) is 14.5. The maximum absolute atomic E-state index is 14.5. The van der Waals surface area contributed by atoms with Crippen molar-refractivity contribution in [1.29, 1.82) is 0 Å². The fraction of sp³-hybridized carbons (Fsp3) is 0.676. The van der Waals surface area contributed by atoms with Gasteiger partial charge < -0.3 is 25.6 Å². The largest absolute Gasteiger partial charge is 0.446 e. The molecule has 1 aromatic rings. The standard InChI is InChI=1S/C34H46N4O6/c1-18-8-7-11-25(18)44-33(43)37-27(22-15-20-9-5-6-10-21(20)16-22)32(42)38-17-23-26(34(23,2)3)28(38)30(40)36-24(14-19-12-13-19)29(39)31(41)35-4/h5-6,9-10,18-19,22-28H,7-8,11-17H2,1-4H3,(H,35,41)(H,36,40)(H,37,43)/t18-,23?,24?,25-,26-,27-,28?/m0/s1. The van der Waals surface area contributed by atoms with E-state index in [1.54, 1.807) is 4.90 Å². The molecule has 10 nitrogen and oxygen atoms in total. The summed E-state index contributed by atoms with van der Waals surface area (Å²) in [4.78, 5) is 68.6. The maximum Gasteiger partial charge on any atom is 0.408 e. The number of hydrogen-bond acceptors (Lipinski definition) is 6. The van der Waals surface area contributed by atoms with Crippen molar-refractivity contribution in [2.45, 2.75) is 96.4 Å². The van der Waals surface area contributed by atoms with Gasteiger partial charge in [-0.2, -0.15) is 0 Å². The molecule has 1 aromatic carbocycles. The number of nitrogens with zero attached hydrogens (tertiary/aromatic N) is 1. The highest BCUT2D eigenvalue weighted by atomic mass is 16.6. The minimum atomic E-state index is -0.936. The van der Waals surface area contributed by atoms with E-state index in [1.807, 2.05) is 12.1 Å². The zero-order valence-corrected chi connectivity index (χ0v) is 26.3. The molecular weight excluding hydrogens is 560 g/mol. The number of ketones is 1.